The molecule has 1 amide bonds. The van der Waals surface area contributed by atoms with Crippen molar-refractivity contribution in [1.29, 1.82) is 0 Å². The fraction of sp³-hybridized carbons (Fsp3) is 0.917. The molecular formula is C12H23N3O. The Morgan fingerprint density at radius 3 is 2.69 bits per heavy atom. The number of hydrogen-bond acceptors (Lipinski definition) is 3. The Labute approximate surface area is 97.1 Å². The lowest BCUT2D eigenvalue weighted by atomic mass is 9.84. The number of hydrogen-bond donors (Lipinski definition) is 3. The maximum Gasteiger partial charge on any atom is 0.235 e. The van der Waals surface area contributed by atoms with Crippen LogP contribution in [0.3, 0.4) is 0 Å². The molecule has 0 spiro atoms. The minimum atomic E-state index is -0.555. The molecule has 0 aromatic carbocycles. The van der Waals surface area contributed by atoms with E-state index in [4.69, 9.17) is 11.5 Å². The van der Waals surface area contributed by atoms with Gasteiger partial charge >= 0.3 is 0 Å². The summed E-state index contributed by atoms with van der Waals surface area (Å²) in [7, 11) is 0. The molecule has 2 fully saturated rings. The summed E-state index contributed by atoms with van der Waals surface area (Å²) in [5.41, 5.74) is 10.7. The fourth-order valence-electron chi connectivity index (χ4n) is 3.47. The molecule has 5 atom stereocenters. The van der Waals surface area contributed by atoms with Crippen molar-refractivity contribution in [2.75, 3.05) is 6.54 Å². The highest BCUT2D eigenvalue weighted by Gasteiger charge is 2.41. The van der Waals surface area contributed by atoms with Crippen molar-refractivity contribution in [3.05, 3.63) is 0 Å². The molecule has 2 aliphatic rings. The van der Waals surface area contributed by atoms with Crippen molar-refractivity contribution in [2.45, 2.75) is 44.7 Å². The predicted molar refractivity (Wildman–Crippen MR) is 63.6 cm³/mol. The summed E-state index contributed by atoms with van der Waals surface area (Å²) in [5.74, 6) is 2.22. The van der Waals surface area contributed by atoms with Crippen molar-refractivity contribution in [3.8, 4) is 0 Å². The van der Waals surface area contributed by atoms with Crippen molar-refractivity contribution in [1.82, 2.24) is 5.32 Å². The molecule has 2 aliphatic carbocycles. The van der Waals surface area contributed by atoms with Crippen molar-refractivity contribution >= 4 is 5.91 Å². The zero-order valence-electron chi connectivity index (χ0n) is 9.99. The van der Waals surface area contributed by atoms with E-state index in [0.717, 1.165) is 17.8 Å². The highest BCUT2D eigenvalue weighted by atomic mass is 16.1. The molecular weight excluding hydrogens is 202 g/mol. The van der Waals surface area contributed by atoms with Gasteiger partial charge in [-0.05, 0) is 43.9 Å². The van der Waals surface area contributed by atoms with Crippen LogP contribution >= 0.6 is 0 Å². The van der Waals surface area contributed by atoms with Gasteiger partial charge in [0.25, 0.3) is 0 Å². The van der Waals surface area contributed by atoms with Gasteiger partial charge in [0.2, 0.25) is 5.91 Å². The molecule has 5 unspecified atom stereocenters. The van der Waals surface area contributed by atoms with Crippen molar-refractivity contribution in [3.63, 3.8) is 0 Å². The summed E-state index contributed by atoms with van der Waals surface area (Å²) in [6.07, 6.45) is 5.58. The maximum atomic E-state index is 10.8. The normalized spacial score (nSPS) is 36.2. The number of nitrogens with two attached hydrogens (primary N) is 2. The van der Waals surface area contributed by atoms with Crippen LogP contribution in [0.1, 0.15) is 32.6 Å². The van der Waals surface area contributed by atoms with Crippen molar-refractivity contribution in [2.24, 2.45) is 29.2 Å². The zero-order valence-corrected chi connectivity index (χ0v) is 9.99. The first-order chi connectivity index (χ1) is 7.58. The summed E-state index contributed by atoms with van der Waals surface area (Å²) < 4.78 is 0. The van der Waals surface area contributed by atoms with Crippen LogP contribution in [0, 0.1) is 17.8 Å². The molecule has 4 nitrogen and oxygen atoms in total. The van der Waals surface area contributed by atoms with Gasteiger partial charge in [-0.3, -0.25) is 4.79 Å². The van der Waals surface area contributed by atoms with Crippen LogP contribution in [0.25, 0.3) is 0 Å². The third kappa shape index (κ3) is 2.38. The molecule has 92 valence electrons. The van der Waals surface area contributed by atoms with Crippen LogP contribution in [0.5, 0.6) is 0 Å². The summed E-state index contributed by atoms with van der Waals surface area (Å²) >= 11 is 0. The third-order valence-corrected chi connectivity index (χ3v) is 4.46. The quantitative estimate of drug-likeness (QED) is 0.626. The zero-order chi connectivity index (χ0) is 11.7. The van der Waals surface area contributed by atoms with Crippen LogP contribution < -0.4 is 16.8 Å². The molecule has 4 heteroatoms. The van der Waals surface area contributed by atoms with Gasteiger partial charge in [-0.25, -0.2) is 0 Å². The summed E-state index contributed by atoms with van der Waals surface area (Å²) in [5, 5.41) is 3.36. The van der Waals surface area contributed by atoms with Gasteiger partial charge in [0.15, 0.2) is 0 Å². The Morgan fingerprint density at radius 1 is 1.44 bits per heavy atom. The second-order valence-electron chi connectivity index (χ2n) is 5.54. The van der Waals surface area contributed by atoms with Crippen LogP contribution in [-0.2, 0) is 4.79 Å². The average Bonchev–Trinajstić information content (AvgIpc) is 2.86. The minimum absolute atomic E-state index is 0.423. The standard InChI is InChI=1S/C12H23N3O/c1-7(15-6-11(13)12(14)16)10-5-8-2-3-9(10)4-8/h7-11,15H,2-6,13H2,1H3,(H2,14,16). The summed E-state index contributed by atoms with van der Waals surface area (Å²) in [6, 6.07) is -0.0956. The predicted octanol–water partition coefficient (Wildman–Crippen LogP) is 0.213. The molecule has 2 saturated carbocycles. The molecule has 0 aromatic rings. The number of rotatable bonds is 5. The van der Waals surface area contributed by atoms with Gasteiger partial charge in [0.05, 0.1) is 6.04 Å². The number of nitrogens with one attached hydrogen (secondary N) is 1. The topological polar surface area (TPSA) is 81.1 Å². The minimum Gasteiger partial charge on any atom is -0.368 e. The van der Waals surface area contributed by atoms with Gasteiger partial charge < -0.3 is 16.8 Å². The lowest BCUT2D eigenvalue weighted by molar-refractivity contribution is -0.119. The number of amides is 1. The van der Waals surface area contributed by atoms with Crippen LogP contribution in [-0.4, -0.2) is 24.5 Å². The Morgan fingerprint density at radius 2 is 2.19 bits per heavy atom. The largest absolute Gasteiger partial charge is 0.368 e. The monoisotopic (exact) mass is 225 g/mol. The molecule has 0 heterocycles. The second kappa shape index (κ2) is 4.72. The van der Waals surface area contributed by atoms with Crippen LogP contribution in [0.2, 0.25) is 0 Å². The molecule has 0 radical (unpaired) electrons. The molecule has 0 saturated heterocycles. The molecule has 5 N–H and O–H groups in total. The molecule has 0 aromatic heterocycles. The molecule has 0 aliphatic heterocycles. The van der Waals surface area contributed by atoms with Gasteiger partial charge in [0, 0.05) is 12.6 Å². The van der Waals surface area contributed by atoms with E-state index in [-0.39, 0.29) is 0 Å². The number of carbonyl (C=O) groups excluding carboxylic acids is 1. The highest BCUT2D eigenvalue weighted by molar-refractivity contribution is 5.79. The lowest BCUT2D eigenvalue weighted by Crippen LogP contribution is -2.48. The van der Waals surface area contributed by atoms with E-state index in [1.54, 1.807) is 0 Å². The third-order valence-electron chi connectivity index (χ3n) is 4.46. The van der Waals surface area contributed by atoms with Gasteiger partial charge in [-0.2, -0.15) is 0 Å². The Balaban J connectivity index is 1.76. The first-order valence-corrected chi connectivity index (χ1v) is 6.36. The Hall–Kier alpha value is -0.610. The van der Waals surface area contributed by atoms with Gasteiger partial charge in [-0.1, -0.05) is 6.42 Å². The fourth-order valence-corrected chi connectivity index (χ4v) is 3.47. The van der Waals surface area contributed by atoms with Gasteiger partial charge in [0.1, 0.15) is 0 Å². The van der Waals surface area contributed by atoms with Crippen molar-refractivity contribution < 1.29 is 4.79 Å². The number of fused-ring (bicyclic) bond motifs is 2. The molecule has 2 bridgehead atoms. The number of primary amides is 1. The first kappa shape index (κ1) is 11.9. The molecule has 16 heavy (non-hydrogen) atoms. The van der Waals surface area contributed by atoms with E-state index in [9.17, 15) is 4.79 Å². The van der Waals surface area contributed by atoms with E-state index in [1.165, 1.54) is 25.7 Å². The van der Waals surface area contributed by atoms with E-state index >= 15 is 0 Å². The summed E-state index contributed by atoms with van der Waals surface area (Å²) in [4.78, 5) is 10.8. The van der Waals surface area contributed by atoms with E-state index in [0.29, 0.717) is 12.6 Å². The van der Waals surface area contributed by atoms with E-state index < -0.39 is 11.9 Å². The Kier molecular flexibility index (Phi) is 3.50. The molecule has 2 rings (SSSR count). The maximum absolute atomic E-state index is 10.8. The van der Waals surface area contributed by atoms with Crippen LogP contribution in [0.4, 0.5) is 0 Å². The van der Waals surface area contributed by atoms with E-state index in [1.807, 2.05) is 0 Å². The smallest absolute Gasteiger partial charge is 0.235 e. The first-order valence-electron chi connectivity index (χ1n) is 6.36. The van der Waals surface area contributed by atoms with Gasteiger partial charge in [-0.15, -0.1) is 0 Å². The highest BCUT2D eigenvalue weighted by Crippen LogP contribution is 2.49. The lowest BCUT2D eigenvalue weighted by Gasteiger charge is -2.29. The van der Waals surface area contributed by atoms with Crippen LogP contribution in [0.15, 0.2) is 0 Å². The number of carbonyl (C=O) groups is 1. The SMILES string of the molecule is CC(NCC(N)C(N)=O)C1CC2CCC1C2. The Bertz CT molecular complexity index is 269. The second-order valence-corrected chi connectivity index (χ2v) is 5.54. The van der Waals surface area contributed by atoms with E-state index in [2.05, 4.69) is 12.2 Å². The average molecular weight is 225 g/mol. The summed E-state index contributed by atoms with van der Waals surface area (Å²) in [6.45, 7) is 2.71.